The van der Waals surface area contributed by atoms with Gasteiger partial charge < -0.3 is 4.57 Å². The van der Waals surface area contributed by atoms with Crippen LogP contribution in [-0.2, 0) is 6.42 Å². The fourth-order valence-electron chi connectivity index (χ4n) is 1.93. The van der Waals surface area contributed by atoms with Crippen LogP contribution in [0.4, 0.5) is 0 Å². The Morgan fingerprint density at radius 2 is 2.00 bits per heavy atom. The second-order valence-electron chi connectivity index (χ2n) is 4.45. The molecular weight excluding hydrogens is 170 g/mol. The average Bonchev–Trinajstić information content (AvgIpc) is 2.47. The van der Waals surface area contributed by atoms with Gasteiger partial charge in [-0.25, -0.2) is 0 Å². The maximum atomic E-state index is 2.36. The van der Waals surface area contributed by atoms with Crippen molar-refractivity contribution in [2.45, 2.75) is 59.4 Å². The van der Waals surface area contributed by atoms with Crippen molar-refractivity contribution in [2.24, 2.45) is 0 Å². The van der Waals surface area contributed by atoms with Crippen LogP contribution in [0.1, 0.15) is 57.3 Å². The highest BCUT2D eigenvalue weighted by Crippen LogP contribution is 2.15. The Balaban J connectivity index is 2.57. The molecular formula is C13H23N. The molecule has 0 aliphatic heterocycles. The lowest BCUT2D eigenvalue weighted by Crippen LogP contribution is -2.00. The molecule has 0 atom stereocenters. The van der Waals surface area contributed by atoms with E-state index in [2.05, 4.69) is 44.5 Å². The number of rotatable bonds is 5. The van der Waals surface area contributed by atoms with Gasteiger partial charge in [-0.3, -0.25) is 0 Å². The fourth-order valence-corrected chi connectivity index (χ4v) is 1.93. The Kier molecular flexibility index (Phi) is 4.24. The van der Waals surface area contributed by atoms with E-state index in [9.17, 15) is 0 Å². The van der Waals surface area contributed by atoms with E-state index >= 15 is 0 Å². The highest BCUT2D eigenvalue weighted by atomic mass is 15.0. The van der Waals surface area contributed by atoms with Gasteiger partial charge in [-0.05, 0) is 45.2 Å². The predicted octanol–water partition coefficient (Wildman–Crippen LogP) is 4.11. The van der Waals surface area contributed by atoms with E-state index in [0.717, 1.165) is 0 Å². The molecule has 0 saturated carbocycles. The van der Waals surface area contributed by atoms with Crippen molar-refractivity contribution in [1.82, 2.24) is 4.57 Å². The van der Waals surface area contributed by atoms with Crippen molar-refractivity contribution < 1.29 is 0 Å². The molecule has 1 nitrogen and oxygen atoms in total. The summed E-state index contributed by atoms with van der Waals surface area (Å²) in [5.74, 6) is 0. The molecule has 0 fully saturated rings. The normalized spacial score (nSPS) is 11.2. The van der Waals surface area contributed by atoms with Gasteiger partial charge in [-0.1, -0.05) is 19.8 Å². The molecule has 0 aliphatic rings. The molecule has 0 radical (unpaired) electrons. The number of nitrogens with zero attached hydrogens (tertiary/aromatic N) is 1. The fraction of sp³-hybridized carbons (Fsp3) is 0.692. The summed E-state index contributed by atoms with van der Waals surface area (Å²) in [6.07, 6.45) is 7.55. The first-order valence-electron chi connectivity index (χ1n) is 5.82. The lowest BCUT2D eigenvalue weighted by atomic mass is 10.1. The third kappa shape index (κ3) is 2.90. The molecule has 0 amide bonds. The zero-order valence-corrected chi connectivity index (χ0v) is 10.0. The molecule has 0 aromatic carbocycles. The minimum atomic E-state index is 0.593. The summed E-state index contributed by atoms with van der Waals surface area (Å²) in [6.45, 7) is 8.93. The van der Waals surface area contributed by atoms with Gasteiger partial charge >= 0.3 is 0 Å². The smallest absolute Gasteiger partial charge is 0.0276 e. The highest BCUT2D eigenvalue weighted by Gasteiger charge is 2.04. The van der Waals surface area contributed by atoms with Crippen LogP contribution >= 0.6 is 0 Å². The van der Waals surface area contributed by atoms with Gasteiger partial charge in [0.1, 0.15) is 0 Å². The van der Waals surface area contributed by atoms with Crippen molar-refractivity contribution >= 4 is 0 Å². The molecule has 1 aromatic rings. The van der Waals surface area contributed by atoms with Crippen LogP contribution in [0.25, 0.3) is 0 Å². The van der Waals surface area contributed by atoms with Crippen molar-refractivity contribution in [3.8, 4) is 0 Å². The van der Waals surface area contributed by atoms with Gasteiger partial charge in [-0.2, -0.15) is 0 Å². The molecule has 1 rings (SSSR count). The molecule has 0 N–H and O–H groups in total. The van der Waals surface area contributed by atoms with Crippen LogP contribution in [0, 0.1) is 6.92 Å². The highest BCUT2D eigenvalue weighted by molar-refractivity contribution is 5.18. The molecule has 0 aliphatic carbocycles. The lowest BCUT2D eigenvalue weighted by Gasteiger charge is -2.09. The van der Waals surface area contributed by atoms with E-state index in [1.54, 1.807) is 0 Å². The zero-order chi connectivity index (χ0) is 10.6. The lowest BCUT2D eigenvalue weighted by molar-refractivity contribution is 0.587. The maximum Gasteiger partial charge on any atom is 0.0276 e. The van der Waals surface area contributed by atoms with E-state index in [4.69, 9.17) is 0 Å². The number of unbranched alkanes of at least 4 members (excludes halogenated alkanes) is 2. The van der Waals surface area contributed by atoms with Gasteiger partial charge in [-0.15, -0.1) is 0 Å². The number of aryl methyl sites for hydroxylation is 2. The molecule has 0 spiro atoms. The van der Waals surface area contributed by atoms with Crippen LogP contribution in [0.2, 0.25) is 0 Å². The van der Waals surface area contributed by atoms with Gasteiger partial charge in [0.15, 0.2) is 0 Å². The quantitative estimate of drug-likeness (QED) is 0.620. The molecule has 1 heterocycles. The average molecular weight is 193 g/mol. The molecule has 1 heteroatoms. The summed E-state index contributed by atoms with van der Waals surface area (Å²) < 4.78 is 2.36. The summed E-state index contributed by atoms with van der Waals surface area (Å²) in [5.41, 5.74) is 2.90. The summed E-state index contributed by atoms with van der Waals surface area (Å²) in [7, 11) is 0. The maximum absolute atomic E-state index is 2.36. The summed E-state index contributed by atoms with van der Waals surface area (Å²) in [5, 5.41) is 0. The minimum absolute atomic E-state index is 0.593. The van der Waals surface area contributed by atoms with Crippen LogP contribution < -0.4 is 0 Å². The van der Waals surface area contributed by atoms with Crippen molar-refractivity contribution in [2.75, 3.05) is 0 Å². The topological polar surface area (TPSA) is 4.93 Å². The Hall–Kier alpha value is -0.720. The van der Waals surface area contributed by atoms with Gasteiger partial charge in [0.05, 0.1) is 0 Å². The monoisotopic (exact) mass is 193 g/mol. The third-order valence-electron chi connectivity index (χ3n) is 2.73. The van der Waals surface area contributed by atoms with Crippen LogP contribution in [-0.4, -0.2) is 4.57 Å². The van der Waals surface area contributed by atoms with E-state index in [1.165, 1.54) is 36.9 Å². The standard InChI is InChI=1S/C13H23N/c1-5-6-7-8-13-9-12(4)14(10-13)11(2)3/h9-11H,5-8H2,1-4H3. The van der Waals surface area contributed by atoms with E-state index in [0.29, 0.717) is 6.04 Å². The minimum Gasteiger partial charge on any atom is -0.349 e. The largest absolute Gasteiger partial charge is 0.349 e. The van der Waals surface area contributed by atoms with Crippen LogP contribution in [0.3, 0.4) is 0 Å². The summed E-state index contributed by atoms with van der Waals surface area (Å²) in [4.78, 5) is 0. The predicted molar refractivity (Wildman–Crippen MR) is 62.8 cm³/mol. The Morgan fingerprint density at radius 3 is 2.50 bits per heavy atom. The van der Waals surface area contributed by atoms with E-state index < -0.39 is 0 Å². The Labute approximate surface area is 88.1 Å². The van der Waals surface area contributed by atoms with Crippen molar-refractivity contribution in [3.05, 3.63) is 23.5 Å². The second-order valence-corrected chi connectivity index (χ2v) is 4.45. The molecule has 14 heavy (non-hydrogen) atoms. The van der Waals surface area contributed by atoms with Gasteiger partial charge in [0.25, 0.3) is 0 Å². The first-order valence-corrected chi connectivity index (χ1v) is 5.82. The van der Waals surface area contributed by atoms with Gasteiger partial charge in [0, 0.05) is 17.9 Å². The number of hydrogen-bond acceptors (Lipinski definition) is 0. The molecule has 80 valence electrons. The summed E-state index contributed by atoms with van der Waals surface area (Å²) >= 11 is 0. The summed E-state index contributed by atoms with van der Waals surface area (Å²) in [6, 6.07) is 2.92. The molecule has 0 bridgehead atoms. The zero-order valence-electron chi connectivity index (χ0n) is 10.0. The molecule has 1 aromatic heterocycles. The Morgan fingerprint density at radius 1 is 1.29 bits per heavy atom. The van der Waals surface area contributed by atoms with Crippen LogP contribution in [0.15, 0.2) is 12.3 Å². The number of hydrogen-bond donors (Lipinski definition) is 0. The second kappa shape index (κ2) is 5.23. The van der Waals surface area contributed by atoms with E-state index in [-0.39, 0.29) is 0 Å². The first-order chi connectivity index (χ1) is 6.65. The number of aromatic nitrogens is 1. The molecule has 0 saturated heterocycles. The van der Waals surface area contributed by atoms with Gasteiger partial charge in [0.2, 0.25) is 0 Å². The van der Waals surface area contributed by atoms with Crippen molar-refractivity contribution in [1.29, 1.82) is 0 Å². The Bertz CT molecular complexity index is 271. The first kappa shape index (κ1) is 11.4. The van der Waals surface area contributed by atoms with E-state index in [1.807, 2.05) is 0 Å². The SMILES string of the molecule is CCCCCc1cc(C)n(C(C)C)c1. The van der Waals surface area contributed by atoms with Crippen LogP contribution in [0.5, 0.6) is 0 Å². The molecule has 0 unspecified atom stereocenters. The van der Waals surface area contributed by atoms with Crippen molar-refractivity contribution in [3.63, 3.8) is 0 Å². The third-order valence-corrected chi connectivity index (χ3v) is 2.73.